The number of hydrogen-bond acceptors (Lipinski definition) is 4. The van der Waals surface area contributed by atoms with E-state index in [-0.39, 0.29) is 27.7 Å². The molecule has 0 aliphatic rings. The molecule has 2 aromatic carbocycles. The van der Waals surface area contributed by atoms with Gasteiger partial charge in [0.05, 0.1) is 16.3 Å². The molecule has 3 rings (SSSR count). The van der Waals surface area contributed by atoms with Crippen molar-refractivity contribution in [2.75, 3.05) is 0 Å². The van der Waals surface area contributed by atoms with Crippen LogP contribution in [-0.4, -0.2) is 16.2 Å². The van der Waals surface area contributed by atoms with E-state index in [2.05, 4.69) is 0 Å². The highest BCUT2D eigenvalue weighted by atomic mass is 16.4. The second-order valence-electron chi connectivity index (χ2n) is 4.58. The summed E-state index contributed by atoms with van der Waals surface area (Å²) < 4.78 is 5.58. The van der Waals surface area contributed by atoms with Gasteiger partial charge in [-0.15, -0.1) is 0 Å². The zero-order valence-electron chi connectivity index (χ0n) is 10.5. The summed E-state index contributed by atoms with van der Waals surface area (Å²) in [4.78, 5) is 23.5. The molecule has 5 nitrogen and oxygen atoms in total. The molecule has 0 amide bonds. The van der Waals surface area contributed by atoms with E-state index in [4.69, 9.17) is 9.52 Å². The van der Waals surface area contributed by atoms with Gasteiger partial charge >= 0.3 is 5.97 Å². The lowest BCUT2D eigenvalue weighted by Gasteiger charge is -2.05. The highest BCUT2D eigenvalue weighted by Gasteiger charge is 2.14. The van der Waals surface area contributed by atoms with Gasteiger partial charge in [-0.25, -0.2) is 4.79 Å². The first-order valence-electron chi connectivity index (χ1n) is 5.91. The summed E-state index contributed by atoms with van der Waals surface area (Å²) in [5.41, 5.74) is 0.842. The third-order valence-corrected chi connectivity index (χ3v) is 3.20. The zero-order chi connectivity index (χ0) is 14.4. The van der Waals surface area contributed by atoms with Crippen molar-refractivity contribution in [3.05, 3.63) is 51.7 Å². The number of hydrogen-bond donors (Lipinski definition) is 2. The number of rotatable bonds is 1. The average Bonchev–Trinajstić information content (AvgIpc) is 2.39. The van der Waals surface area contributed by atoms with Gasteiger partial charge in [0.1, 0.15) is 16.9 Å². The van der Waals surface area contributed by atoms with Crippen molar-refractivity contribution in [2.45, 2.75) is 6.92 Å². The van der Waals surface area contributed by atoms with E-state index in [1.54, 1.807) is 6.92 Å². The van der Waals surface area contributed by atoms with Crippen molar-refractivity contribution in [2.24, 2.45) is 0 Å². The van der Waals surface area contributed by atoms with Crippen LogP contribution < -0.4 is 5.43 Å². The molecule has 0 aliphatic carbocycles. The van der Waals surface area contributed by atoms with Gasteiger partial charge in [-0.1, -0.05) is 0 Å². The van der Waals surface area contributed by atoms with Gasteiger partial charge in [-0.3, -0.25) is 4.79 Å². The first kappa shape index (κ1) is 12.2. The number of fused-ring (bicyclic) bond motifs is 2. The number of aromatic hydroxyl groups is 1. The Kier molecular flexibility index (Phi) is 2.50. The molecule has 3 aromatic rings. The molecule has 0 saturated heterocycles. The highest BCUT2D eigenvalue weighted by molar-refractivity contribution is 5.97. The van der Waals surface area contributed by atoms with Gasteiger partial charge < -0.3 is 14.6 Å². The summed E-state index contributed by atoms with van der Waals surface area (Å²) >= 11 is 0. The van der Waals surface area contributed by atoms with E-state index in [9.17, 15) is 14.7 Å². The van der Waals surface area contributed by atoms with Gasteiger partial charge in [0.25, 0.3) is 0 Å². The van der Waals surface area contributed by atoms with E-state index in [1.165, 1.54) is 30.3 Å². The predicted octanol–water partition coefficient (Wildman–Crippen LogP) is 2.66. The predicted molar refractivity (Wildman–Crippen MR) is 73.4 cm³/mol. The van der Waals surface area contributed by atoms with Crippen LogP contribution in [0.5, 0.6) is 5.75 Å². The number of benzene rings is 2. The van der Waals surface area contributed by atoms with Crippen LogP contribution in [0.15, 0.2) is 39.5 Å². The number of aryl methyl sites for hydroxylation is 1. The van der Waals surface area contributed by atoms with E-state index in [1.807, 2.05) is 0 Å². The number of carbonyl (C=O) groups is 1. The van der Waals surface area contributed by atoms with Gasteiger partial charge in [0, 0.05) is 0 Å². The Morgan fingerprint density at radius 1 is 1.15 bits per heavy atom. The summed E-state index contributed by atoms with van der Waals surface area (Å²) in [6, 6.07) is 6.99. The van der Waals surface area contributed by atoms with Crippen molar-refractivity contribution >= 4 is 27.9 Å². The van der Waals surface area contributed by atoms with Gasteiger partial charge in [-0.2, -0.15) is 0 Å². The molecule has 0 radical (unpaired) electrons. The quantitative estimate of drug-likeness (QED) is 0.664. The molecule has 0 bridgehead atoms. The van der Waals surface area contributed by atoms with Crippen LogP contribution in [0.2, 0.25) is 0 Å². The van der Waals surface area contributed by atoms with E-state index in [0.717, 1.165) is 0 Å². The lowest BCUT2D eigenvalue weighted by molar-refractivity contribution is 0.0697. The lowest BCUT2D eigenvalue weighted by atomic mass is 10.0. The Morgan fingerprint density at radius 3 is 2.60 bits per heavy atom. The molecule has 0 aliphatic heterocycles. The van der Waals surface area contributed by atoms with Crippen LogP contribution in [0.3, 0.4) is 0 Å². The molecular formula is C15H10O5. The molecule has 1 aromatic heterocycles. The zero-order valence-corrected chi connectivity index (χ0v) is 10.5. The number of carboxylic acids is 1. The largest absolute Gasteiger partial charge is 0.508 e. The standard InChI is InChI=1S/C15H10O5/c1-7-4-8(15(18)19)5-12-13(7)14(17)10-6-9(16)2-3-11(10)20-12/h2-6,16H,1H3,(H,18,19). The van der Waals surface area contributed by atoms with E-state index >= 15 is 0 Å². The summed E-state index contributed by atoms with van der Waals surface area (Å²) in [6.07, 6.45) is 0. The fourth-order valence-corrected chi connectivity index (χ4v) is 2.29. The summed E-state index contributed by atoms with van der Waals surface area (Å²) in [5.74, 6) is -1.10. The molecular weight excluding hydrogens is 260 g/mol. The molecule has 0 spiro atoms. The van der Waals surface area contributed by atoms with Crippen LogP contribution in [0.25, 0.3) is 21.9 Å². The maximum atomic E-state index is 12.4. The maximum Gasteiger partial charge on any atom is 0.335 e. The van der Waals surface area contributed by atoms with Crippen LogP contribution in [-0.2, 0) is 0 Å². The van der Waals surface area contributed by atoms with Gasteiger partial charge in [0.15, 0.2) is 0 Å². The van der Waals surface area contributed by atoms with Crippen molar-refractivity contribution < 1.29 is 19.4 Å². The monoisotopic (exact) mass is 270 g/mol. The minimum atomic E-state index is -1.08. The van der Waals surface area contributed by atoms with Crippen molar-refractivity contribution in [1.82, 2.24) is 0 Å². The van der Waals surface area contributed by atoms with Crippen LogP contribution in [0, 0.1) is 6.92 Å². The molecule has 0 unspecified atom stereocenters. The fourth-order valence-electron chi connectivity index (χ4n) is 2.29. The Balaban J connectivity index is 2.53. The number of aromatic carboxylic acids is 1. The van der Waals surface area contributed by atoms with E-state index in [0.29, 0.717) is 16.5 Å². The molecule has 5 heteroatoms. The smallest absolute Gasteiger partial charge is 0.335 e. The third kappa shape index (κ3) is 1.72. The van der Waals surface area contributed by atoms with Gasteiger partial charge in [0.2, 0.25) is 5.43 Å². The van der Waals surface area contributed by atoms with Crippen molar-refractivity contribution in [3.63, 3.8) is 0 Å². The number of phenolic OH excluding ortho intramolecular Hbond substituents is 1. The number of carboxylic acid groups (broad SMARTS) is 1. The van der Waals surface area contributed by atoms with Crippen molar-refractivity contribution in [3.8, 4) is 5.75 Å². The average molecular weight is 270 g/mol. The minimum Gasteiger partial charge on any atom is -0.508 e. The first-order chi connectivity index (χ1) is 9.47. The first-order valence-corrected chi connectivity index (χ1v) is 5.91. The molecule has 0 saturated carbocycles. The molecule has 0 fully saturated rings. The number of phenols is 1. The van der Waals surface area contributed by atoms with Crippen LogP contribution in [0.1, 0.15) is 15.9 Å². The van der Waals surface area contributed by atoms with E-state index < -0.39 is 5.97 Å². The Bertz CT molecular complexity index is 921. The van der Waals surface area contributed by atoms with Gasteiger partial charge in [-0.05, 0) is 42.8 Å². The lowest BCUT2D eigenvalue weighted by Crippen LogP contribution is -2.06. The summed E-state index contributed by atoms with van der Waals surface area (Å²) in [7, 11) is 0. The SMILES string of the molecule is Cc1cc(C(=O)O)cc2oc3ccc(O)cc3c(=O)c12. The molecule has 100 valence electrons. The summed E-state index contributed by atoms with van der Waals surface area (Å²) in [5, 5.41) is 19.1. The molecule has 1 heterocycles. The normalized spacial score (nSPS) is 11.1. The third-order valence-electron chi connectivity index (χ3n) is 3.20. The van der Waals surface area contributed by atoms with Crippen molar-refractivity contribution in [1.29, 1.82) is 0 Å². The maximum absolute atomic E-state index is 12.4. The fraction of sp³-hybridized carbons (Fsp3) is 0.0667. The second kappa shape index (κ2) is 4.09. The second-order valence-corrected chi connectivity index (χ2v) is 4.58. The molecule has 0 atom stereocenters. The molecule has 20 heavy (non-hydrogen) atoms. The Hall–Kier alpha value is -2.82. The highest BCUT2D eigenvalue weighted by Crippen LogP contribution is 2.24. The topological polar surface area (TPSA) is 87.7 Å². The summed E-state index contributed by atoms with van der Waals surface area (Å²) in [6.45, 7) is 1.65. The minimum absolute atomic E-state index is 0.0241. The Labute approximate surface area is 112 Å². The van der Waals surface area contributed by atoms with Crippen LogP contribution >= 0.6 is 0 Å². The molecule has 2 N–H and O–H groups in total. The Morgan fingerprint density at radius 2 is 1.90 bits per heavy atom. The van der Waals surface area contributed by atoms with Crippen LogP contribution in [0.4, 0.5) is 0 Å².